The Morgan fingerprint density at radius 3 is 2.50 bits per heavy atom. The molecule has 0 aliphatic heterocycles. The van der Waals surface area contributed by atoms with Crippen LogP contribution in [0.25, 0.3) is 0 Å². The van der Waals surface area contributed by atoms with Gasteiger partial charge in [-0.1, -0.05) is 50.8 Å². The van der Waals surface area contributed by atoms with Crippen LogP contribution in [0.1, 0.15) is 68.6 Å². The van der Waals surface area contributed by atoms with Gasteiger partial charge in [0, 0.05) is 5.54 Å². The maximum atomic E-state index is 6.79. The van der Waals surface area contributed by atoms with Gasteiger partial charge in [-0.25, -0.2) is 0 Å². The van der Waals surface area contributed by atoms with Gasteiger partial charge in [0.05, 0.1) is 0 Å². The molecule has 0 aromatic heterocycles. The van der Waals surface area contributed by atoms with E-state index in [2.05, 4.69) is 39.0 Å². The zero-order chi connectivity index (χ0) is 14.6. The molecule has 0 amide bonds. The molecule has 0 heterocycles. The first-order chi connectivity index (χ1) is 9.54. The first-order valence-electron chi connectivity index (χ1n) is 8.38. The molecule has 2 rings (SSSR count). The normalized spacial score (nSPS) is 27.3. The van der Waals surface area contributed by atoms with E-state index in [4.69, 9.17) is 5.73 Å². The summed E-state index contributed by atoms with van der Waals surface area (Å²) in [5.41, 5.74) is 11.1. The lowest BCUT2D eigenvalue weighted by atomic mass is 9.82. The van der Waals surface area contributed by atoms with E-state index in [-0.39, 0.29) is 5.54 Å². The molecule has 0 saturated heterocycles. The van der Waals surface area contributed by atoms with Crippen molar-refractivity contribution < 1.29 is 0 Å². The average molecular weight is 273 g/mol. The van der Waals surface area contributed by atoms with Gasteiger partial charge in [-0.05, 0) is 62.1 Å². The lowest BCUT2D eigenvalue weighted by Gasteiger charge is -2.30. The Balaban J connectivity index is 2.07. The standard InChI is InChI=1S/C19H31N/c1-4-7-17-10-6-12-19(20,13-11-17)14-18-15(2)8-5-9-16(18)3/h5,8-9,17H,4,6-7,10-14,20H2,1-3H3. The average Bonchev–Trinajstić information content (AvgIpc) is 2.58. The molecule has 0 spiro atoms. The van der Waals surface area contributed by atoms with Crippen LogP contribution < -0.4 is 5.73 Å². The fourth-order valence-corrected chi connectivity index (χ4v) is 3.86. The van der Waals surface area contributed by atoms with Crippen LogP contribution in [0.5, 0.6) is 0 Å². The van der Waals surface area contributed by atoms with E-state index < -0.39 is 0 Å². The number of nitrogens with two attached hydrogens (primary N) is 1. The molecule has 1 aliphatic carbocycles. The largest absolute Gasteiger partial charge is 0.325 e. The number of aryl methyl sites for hydroxylation is 2. The quantitative estimate of drug-likeness (QED) is 0.774. The van der Waals surface area contributed by atoms with Crippen molar-refractivity contribution >= 4 is 0 Å². The maximum absolute atomic E-state index is 6.79. The second-order valence-corrected chi connectivity index (χ2v) is 7.00. The summed E-state index contributed by atoms with van der Waals surface area (Å²) in [7, 11) is 0. The van der Waals surface area contributed by atoms with Gasteiger partial charge in [-0.15, -0.1) is 0 Å². The maximum Gasteiger partial charge on any atom is 0.0195 e. The highest BCUT2D eigenvalue weighted by atomic mass is 14.7. The predicted octanol–water partition coefficient (Wildman–Crippen LogP) is 4.92. The van der Waals surface area contributed by atoms with Gasteiger partial charge in [0.25, 0.3) is 0 Å². The van der Waals surface area contributed by atoms with Gasteiger partial charge < -0.3 is 5.73 Å². The van der Waals surface area contributed by atoms with Crippen molar-refractivity contribution in [3.63, 3.8) is 0 Å². The lowest BCUT2D eigenvalue weighted by Crippen LogP contribution is -2.42. The lowest BCUT2D eigenvalue weighted by molar-refractivity contribution is 0.354. The van der Waals surface area contributed by atoms with Crippen molar-refractivity contribution in [3.8, 4) is 0 Å². The van der Waals surface area contributed by atoms with E-state index in [1.807, 2.05) is 0 Å². The number of hydrogen-bond donors (Lipinski definition) is 1. The summed E-state index contributed by atoms with van der Waals surface area (Å²) >= 11 is 0. The summed E-state index contributed by atoms with van der Waals surface area (Å²) in [6.07, 6.45) is 10.2. The Hall–Kier alpha value is -0.820. The molecule has 0 radical (unpaired) electrons. The summed E-state index contributed by atoms with van der Waals surface area (Å²) in [5, 5.41) is 0. The second-order valence-electron chi connectivity index (χ2n) is 7.00. The summed E-state index contributed by atoms with van der Waals surface area (Å²) < 4.78 is 0. The summed E-state index contributed by atoms with van der Waals surface area (Å²) in [6.45, 7) is 6.75. The van der Waals surface area contributed by atoms with E-state index in [9.17, 15) is 0 Å². The van der Waals surface area contributed by atoms with Gasteiger partial charge in [-0.2, -0.15) is 0 Å². The van der Waals surface area contributed by atoms with Crippen LogP contribution in [0, 0.1) is 19.8 Å². The molecular formula is C19H31N. The van der Waals surface area contributed by atoms with Crippen LogP contribution >= 0.6 is 0 Å². The van der Waals surface area contributed by atoms with Crippen LogP contribution in [0.3, 0.4) is 0 Å². The molecule has 1 saturated carbocycles. The molecule has 1 aliphatic rings. The number of benzene rings is 1. The Bertz CT molecular complexity index is 417. The highest BCUT2D eigenvalue weighted by Crippen LogP contribution is 2.34. The molecule has 2 unspecified atom stereocenters. The molecule has 0 bridgehead atoms. The Labute approximate surface area is 125 Å². The van der Waals surface area contributed by atoms with E-state index in [1.54, 1.807) is 0 Å². The van der Waals surface area contributed by atoms with Crippen LogP contribution in [0.2, 0.25) is 0 Å². The third-order valence-electron chi connectivity index (χ3n) is 5.21. The SMILES string of the molecule is CCCC1CCCC(N)(Cc2c(C)cccc2C)CC1. The van der Waals surface area contributed by atoms with Crippen molar-refractivity contribution in [1.82, 2.24) is 0 Å². The highest BCUT2D eigenvalue weighted by Gasteiger charge is 2.30. The highest BCUT2D eigenvalue weighted by molar-refractivity contribution is 5.35. The van der Waals surface area contributed by atoms with E-state index >= 15 is 0 Å². The smallest absolute Gasteiger partial charge is 0.0195 e. The van der Waals surface area contributed by atoms with Crippen molar-refractivity contribution in [2.24, 2.45) is 11.7 Å². The monoisotopic (exact) mass is 273 g/mol. The van der Waals surface area contributed by atoms with Crippen LogP contribution in [-0.2, 0) is 6.42 Å². The summed E-state index contributed by atoms with van der Waals surface area (Å²) in [6, 6.07) is 6.60. The second kappa shape index (κ2) is 6.76. The van der Waals surface area contributed by atoms with Crippen LogP contribution in [0.15, 0.2) is 18.2 Å². The number of hydrogen-bond acceptors (Lipinski definition) is 1. The fourth-order valence-electron chi connectivity index (χ4n) is 3.86. The fraction of sp³-hybridized carbons (Fsp3) is 0.684. The molecule has 1 aromatic carbocycles. The van der Waals surface area contributed by atoms with Gasteiger partial charge in [0.1, 0.15) is 0 Å². The van der Waals surface area contributed by atoms with E-state index in [1.165, 1.54) is 61.6 Å². The van der Waals surface area contributed by atoms with Gasteiger partial charge in [-0.3, -0.25) is 0 Å². The van der Waals surface area contributed by atoms with Crippen molar-refractivity contribution in [1.29, 1.82) is 0 Å². The minimum absolute atomic E-state index is 0.0271. The molecule has 2 atom stereocenters. The van der Waals surface area contributed by atoms with Gasteiger partial charge >= 0.3 is 0 Å². The molecule has 20 heavy (non-hydrogen) atoms. The van der Waals surface area contributed by atoms with E-state index in [0.717, 1.165) is 12.3 Å². The Morgan fingerprint density at radius 1 is 1.15 bits per heavy atom. The van der Waals surface area contributed by atoms with Crippen molar-refractivity contribution in [2.75, 3.05) is 0 Å². The van der Waals surface area contributed by atoms with Crippen LogP contribution in [-0.4, -0.2) is 5.54 Å². The van der Waals surface area contributed by atoms with Gasteiger partial charge in [0.2, 0.25) is 0 Å². The summed E-state index contributed by atoms with van der Waals surface area (Å²) in [4.78, 5) is 0. The van der Waals surface area contributed by atoms with Crippen molar-refractivity contribution in [3.05, 3.63) is 34.9 Å². The number of rotatable bonds is 4. The zero-order valence-electron chi connectivity index (χ0n) is 13.5. The minimum atomic E-state index is 0.0271. The van der Waals surface area contributed by atoms with E-state index in [0.29, 0.717) is 0 Å². The Kier molecular flexibility index (Phi) is 5.26. The van der Waals surface area contributed by atoms with Crippen molar-refractivity contribution in [2.45, 2.75) is 77.7 Å². The third kappa shape index (κ3) is 3.85. The van der Waals surface area contributed by atoms with Gasteiger partial charge in [0.15, 0.2) is 0 Å². The molecule has 112 valence electrons. The van der Waals surface area contributed by atoms with Crippen LogP contribution in [0.4, 0.5) is 0 Å². The Morgan fingerprint density at radius 2 is 1.85 bits per heavy atom. The predicted molar refractivity (Wildman–Crippen MR) is 88.0 cm³/mol. The molecule has 2 N–H and O–H groups in total. The third-order valence-corrected chi connectivity index (χ3v) is 5.21. The first kappa shape index (κ1) is 15.6. The minimum Gasteiger partial charge on any atom is -0.325 e. The zero-order valence-corrected chi connectivity index (χ0v) is 13.5. The summed E-state index contributed by atoms with van der Waals surface area (Å²) in [5.74, 6) is 0.920. The molecular weight excluding hydrogens is 242 g/mol. The molecule has 1 fully saturated rings. The molecule has 1 aromatic rings. The first-order valence-corrected chi connectivity index (χ1v) is 8.38. The molecule has 1 nitrogen and oxygen atoms in total. The molecule has 1 heteroatoms. The topological polar surface area (TPSA) is 26.0 Å².